The zero-order valence-corrected chi connectivity index (χ0v) is 19.0. The lowest BCUT2D eigenvalue weighted by molar-refractivity contribution is -0.143. The molecule has 0 saturated carbocycles. The number of carbonyl (C=O) groups is 2. The van der Waals surface area contributed by atoms with Crippen molar-refractivity contribution in [1.29, 1.82) is 0 Å². The van der Waals surface area contributed by atoms with E-state index >= 15 is 0 Å². The average molecular weight is 441 g/mol. The van der Waals surface area contributed by atoms with Crippen LogP contribution in [0.25, 0.3) is 0 Å². The maximum atomic E-state index is 14.6. The van der Waals surface area contributed by atoms with Crippen molar-refractivity contribution in [3.8, 4) is 11.5 Å². The van der Waals surface area contributed by atoms with Crippen LogP contribution in [0.4, 0.5) is 4.39 Å². The van der Waals surface area contributed by atoms with Gasteiger partial charge >= 0.3 is 5.97 Å². The highest BCUT2D eigenvalue weighted by Gasteiger charge is 2.38. The Morgan fingerprint density at radius 3 is 2.31 bits per heavy atom. The third-order valence-corrected chi connectivity index (χ3v) is 5.42. The number of nitrogens with zero attached hydrogens (tertiary/aromatic N) is 1. The molecule has 1 aliphatic rings. The Morgan fingerprint density at radius 2 is 1.75 bits per heavy atom. The van der Waals surface area contributed by atoms with Crippen LogP contribution in [0.3, 0.4) is 0 Å². The summed E-state index contributed by atoms with van der Waals surface area (Å²) >= 11 is 0. The van der Waals surface area contributed by atoms with Gasteiger partial charge < -0.3 is 19.1 Å². The second kappa shape index (κ2) is 9.85. The van der Waals surface area contributed by atoms with Crippen molar-refractivity contribution < 1.29 is 28.2 Å². The van der Waals surface area contributed by atoms with E-state index in [1.807, 2.05) is 0 Å². The van der Waals surface area contributed by atoms with E-state index in [4.69, 9.17) is 14.2 Å². The monoisotopic (exact) mass is 441 g/mol. The van der Waals surface area contributed by atoms with Gasteiger partial charge in [0, 0.05) is 24.1 Å². The molecule has 0 saturated heterocycles. The van der Waals surface area contributed by atoms with Gasteiger partial charge in [-0.3, -0.25) is 4.79 Å². The Kier molecular flexibility index (Phi) is 7.18. The lowest BCUT2D eigenvalue weighted by atomic mass is 9.83. The fraction of sp³-hybridized carbons (Fsp3) is 0.360. The zero-order valence-electron chi connectivity index (χ0n) is 19.0. The maximum Gasteiger partial charge on any atom is 0.336 e. The zero-order chi connectivity index (χ0) is 23.4. The number of rotatable bonds is 7. The number of hydrogen-bond donors (Lipinski definition) is 0. The number of halogens is 1. The van der Waals surface area contributed by atoms with Gasteiger partial charge in [0.25, 0.3) is 0 Å². The van der Waals surface area contributed by atoms with Gasteiger partial charge in [0.1, 0.15) is 17.3 Å². The first-order chi connectivity index (χ1) is 15.2. The summed E-state index contributed by atoms with van der Waals surface area (Å²) in [5.41, 5.74) is 1.81. The summed E-state index contributed by atoms with van der Waals surface area (Å²) in [4.78, 5) is 27.7. The van der Waals surface area contributed by atoms with E-state index < -0.39 is 17.7 Å². The number of allylic oxidation sites excluding steroid dienone is 1. The van der Waals surface area contributed by atoms with Crippen molar-refractivity contribution in [3.63, 3.8) is 0 Å². The van der Waals surface area contributed by atoms with Crippen molar-refractivity contribution in [1.82, 2.24) is 4.90 Å². The van der Waals surface area contributed by atoms with Crippen LogP contribution in [0.15, 0.2) is 53.7 Å². The lowest BCUT2D eigenvalue weighted by Crippen LogP contribution is -2.38. The Morgan fingerprint density at radius 1 is 1.12 bits per heavy atom. The predicted molar refractivity (Wildman–Crippen MR) is 118 cm³/mol. The number of carbonyl (C=O) groups excluding carboxylic acids is 2. The molecule has 2 aromatic carbocycles. The lowest BCUT2D eigenvalue weighted by Gasteiger charge is -2.35. The van der Waals surface area contributed by atoms with Gasteiger partial charge in [-0.25, -0.2) is 9.18 Å². The van der Waals surface area contributed by atoms with Crippen molar-refractivity contribution >= 4 is 11.9 Å². The summed E-state index contributed by atoms with van der Waals surface area (Å²) in [6, 6.07) is 11.6. The van der Waals surface area contributed by atoms with Crippen molar-refractivity contribution in [3.05, 3.63) is 70.7 Å². The van der Waals surface area contributed by atoms with Gasteiger partial charge in [0.05, 0.1) is 32.4 Å². The van der Waals surface area contributed by atoms with E-state index in [0.29, 0.717) is 28.3 Å². The van der Waals surface area contributed by atoms with Gasteiger partial charge in [-0.15, -0.1) is 0 Å². The van der Waals surface area contributed by atoms with E-state index in [1.54, 1.807) is 71.4 Å². The van der Waals surface area contributed by atoms with Crippen molar-refractivity contribution in [2.75, 3.05) is 14.2 Å². The van der Waals surface area contributed by atoms with Crippen LogP contribution in [-0.2, 0) is 20.9 Å². The normalized spacial score (nSPS) is 16.4. The molecule has 3 rings (SSSR count). The largest absolute Gasteiger partial charge is 0.497 e. The molecule has 7 heteroatoms. The van der Waals surface area contributed by atoms with Crippen LogP contribution >= 0.6 is 0 Å². The molecule has 0 fully saturated rings. The molecular formula is C25H28FNO5. The highest BCUT2D eigenvalue weighted by atomic mass is 19.1. The van der Waals surface area contributed by atoms with Crippen LogP contribution in [0.2, 0.25) is 0 Å². The molecule has 6 nitrogen and oxygen atoms in total. The van der Waals surface area contributed by atoms with E-state index in [0.717, 1.165) is 5.56 Å². The van der Waals surface area contributed by atoms with Crippen LogP contribution in [-0.4, -0.2) is 37.1 Å². The Hall–Kier alpha value is -3.35. The quantitative estimate of drug-likeness (QED) is 0.589. The average Bonchev–Trinajstić information content (AvgIpc) is 2.75. The SMILES string of the molecule is COc1cc(CN2C(=O)CC(c3ccccc3F)C(C(=O)OC(C)C)=C2C)cc(OC)c1. The fourth-order valence-corrected chi connectivity index (χ4v) is 3.91. The van der Waals surface area contributed by atoms with E-state index in [-0.39, 0.29) is 25.0 Å². The molecule has 0 radical (unpaired) electrons. The second-order valence-corrected chi connectivity index (χ2v) is 7.93. The number of amides is 1. The molecule has 0 aromatic heterocycles. The first-order valence-corrected chi connectivity index (χ1v) is 10.4. The summed E-state index contributed by atoms with van der Waals surface area (Å²) in [5, 5.41) is 0. The predicted octanol–water partition coefficient (Wildman–Crippen LogP) is 4.58. The molecule has 0 aliphatic carbocycles. The fourth-order valence-electron chi connectivity index (χ4n) is 3.91. The molecule has 1 unspecified atom stereocenters. The molecule has 1 heterocycles. The Labute approximate surface area is 187 Å². The summed E-state index contributed by atoms with van der Waals surface area (Å²) < 4.78 is 30.7. The topological polar surface area (TPSA) is 65.1 Å². The minimum absolute atomic E-state index is 0.0398. The molecule has 0 bridgehead atoms. The minimum Gasteiger partial charge on any atom is -0.497 e. The number of ether oxygens (including phenoxy) is 3. The molecule has 0 spiro atoms. The Bertz CT molecular complexity index is 1020. The summed E-state index contributed by atoms with van der Waals surface area (Å²) in [5.74, 6) is -0.752. The second-order valence-electron chi connectivity index (χ2n) is 7.93. The third kappa shape index (κ3) is 4.93. The molecule has 0 N–H and O–H groups in total. The van der Waals surface area contributed by atoms with Gasteiger partial charge in [0.2, 0.25) is 5.91 Å². The Balaban J connectivity index is 2.06. The molecule has 1 atom stereocenters. The van der Waals surface area contributed by atoms with Crippen LogP contribution in [0.5, 0.6) is 11.5 Å². The van der Waals surface area contributed by atoms with E-state index in [2.05, 4.69) is 0 Å². The van der Waals surface area contributed by atoms with Gasteiger partial charge in [-0.2, -0.15) is 0 Å². The molecule has 1 amide bonds. The van der Waals surface area contributed by atoms with Crippen molar-refractivity contribution in [2.24, 2.45) is 0 Å². The van der Waals surface area contributed by atoms with E-state index in [9.17, 15) is 14.0 Å². The molecule has 32 heavy (non-hydrogen) atoms. The van der Waals surface area contributed by atoms with Gasteiger partial charge in [-0.05, 0) is 50.1 Å². The minimum atomic E-state index is -0.717. The number of benzene rings is 2. The number of esters is 1. The van der Waals surface area contributed by atoms with Crippen LogP contribution in [0, 0.1) is 5.82 Å². The third-order valence-electron chi connectivity index (χ3n) is 5.42. The highest BCUT2D eigenvalue weighted by molar-refractivity contribution is 5.96. The van der Waals surface area contributed by atoms with Gasteiger partial charge in [0.15, 0.2) is 0 Å². The van der Waals surface area contributed by atoms with Crippen LogP contribution < -0.4 is 9.47 Å². The molecule has 1 aliphatic heterocycles. The number of methoxy groups -OCH3 is 2. The molecule has 170 valence electrons. The van der Waals surface area contributed by atoms with E-state index in [1.165, 1.54) is 11.0 Å². The first kappa shape index (κ1) is 23.3. The van der Waals surface area contributed by atoms with Crippen LogP contribution in [0.1, 0.15) is 44.2 Å². The summed E-state index contributed by atoms with van der Waals surface area (Å²) in [6.45, 7) is 5.40. The smallest absolute Gasteiger partial charge is 0.336 e. The molecular weight excluding hydrogens is 413 g/mol. The molecule has 2 aromatic rings. The van der Waals surface area contributed by atoms with Crippen molar-refractivity contribution in [2.45, 2.75) is 45.8 Å². The first-order valence-electron chi connectivity index (χ1n) is 10.4. The maximum absolute atomic E-state index is 14.6. The number of hydrogen-bond acceptors (Lipinski definition) is 5. The standard InChI is InChI=1S/C25H28FNO5/c1-15(2)32-25(29)24-16(3)27(14-17-10-18(30-4)12-19(11-17)31-5)23(28)13-21(24)20-8-6-7-9-22(20)26/h6-12,15,21H,13-14H2,1-5H3. The van der Waals surface area contributed by atoms with Gasteiger partial charge in [-0.1, -0.05) is 18.2 Å². The summed E-state index contributed by atoms with van der Waals surface area (Å²) in [7, 11) is 3.10. The highest BCUT2D eigenvalue weighted by Crippen LogP contribution is 2.39. The summed E-state index contributed by atoms with van der Waals surface area (Å²) in [6.07, 6.45) is -0.389.